The molecule has 1 aromatic rings. The molecule has 6 nitrogen and oxygen atoms in total. The van der Waals surface area contributed by atoms with Gasteiger partial charge in [0.15, 0.2) is 0 Å². The van der Waals surface area contributed by atoms with E-state index in [1.165, 1.54) is 23.9 Å². The summed E-state index contributed by atoms with van der Waals surface area (Å²) in [5, 5.41) is 10.7. The highest BCUT2D eigenvalue weighted by molar-refractivity contribution is 5.75. The van der Waals surface area contributed by atoms with E-state index in [0.717, 1.165) is 13.0 Å². The van der Waals surface area contributed by atoms with Crippen LogP contribution in [0.2, 0.25) is 0 Å². The highest BCUT2D eigenvalue weighted by atomic mass is 16.2. The average molecular weight is 251 g/mol. The fraction of sp³-hybridized carbons (Fsp3) is 0.750. The normalized spacial score (nSPS) is 17.2. The van der Waals surface area contributed by atoms with E-state index in [1.54, 1.807) is 6.20 Å². The van der Waals surface area contributed by atoms with Gasteiger partial charge < -0.3 is 11.1 Å². The van der Waals surface area contributed by atoms with Gasteiger partial charge in [-0.05, 0) is 24.7 Å². The number of nitrogens with one attached hydrogen (secondary N) is 1. The van der Waals surface area contributed by atoms with Crippen LogP contribution in [0.15, 0.2) is 6.20 Å². The van der Waals surface area contributed by atoms with Crippen molar-refractivity contribution < 1.29 is 4.79 Å². The number of carbonyl (C=O) groups is 1. The van der Waals surface area contributed by atoms with Crippen molar-refractivity contribution in [3.63, 3.8) is 0 Å². The molecule has 0 bridgehead atoms. The summed E-state index contributed by atoms with van der Waals surface area (Å²) in [6.07, 6.45) is 6.58. The summed E-state index contributed by atoms with van der Waals surface area (Å²) in [7, 11) is 0. The van der Waals surface area contributed by atoms with Gasteiger partial charge in [0, 0.05) is 13.1 Å². The summed E-state index contributed by atoms with van der Waals surface area (Å²) >= 11 is 0. The standard InChI is InChI=1S/C12H21N5O/c1-2-12(4-3-5-12)9-14-11(18)8-17-7-10(6-13)15-16-17/h7H,2-6,8-9,13H2,1H3,(H,14,18). The highest BCUT2D eigenvalue weighted by Gasteiger charge is 2.35. The molecule has 1 aromatic heterocycles. The summed E-state index contributed by atoms with van der Waals surface area (Å²) in [4.78, 5) is 11.8. The third-order valence-corrected chi connectivity index (χ3v) is 3.93. The van der Waals surface area contributed by atoms with Crippen molar-refractivity contribution in [3.8, 4) is 0 Å². The van der Waals surface area contributed by atoms with E-state index in [2.05, 4.69) is 22.6 Å². The van der Waals surface area contributed by atoms with Crippen LogP contribution in [0.25, 0.3) is 0 Å². The predicted molar refractivity (Wildman–Crippen MR) is 67.5 cm³/mol. The maximum Gasteiger partial charge on any atom is 0.241 e. The lowest BCUT2D eigenvalue weighted by atomic mass is 9.67. The van der Waals surface area contributed by atoms with Gasteiger partial charge in [0.05, 0.1) is 11.9 Å². The SMILES string of the molecule is CCC1(CNC(=O)Cn2cc(CN)nn2)CCC1. The number of rotatable bonds is 6. The summed E-state index contributed by atoms with van der Waals surface area (Å²) in [5.74, 6) is -0.0109. The summed E-state index contributed by atoms with van der Waals surface area (Å²) in [5.41, 5.74) is 6.49. The minimum atomic E-state index is -0.0109. The lowest BCUT2D eigenvalue weighted by molar-refractivity contribution is -0.122. The fourth-order valence-corrected chi connectivity index (χ4v) is 2.33. The monoisotopic (exact) mass is 251 g/mol. The molecule has 0 aliphatic heterocycles. The molecule has 0 aromatic carbocycles. The Balaban J connectivity index is 1.78. The van der Waals surface area contributed by atoms with Crippen molar-refractivity contribution in [2.75, 3.05) is 6.54 Å². The van der Waals surface area contributed by atoms with E-state index in [9.17, 15) is 4.79 Å². The first-order chi connectivity index (χ1) is 8.67. The lowest BCUT2D eigenvalue weighted by Crippen LogP contribution is -2.42. The van der Waals surface area contributed by atoms with Gasteiger partial charge in [-0.15, -0.1) is 5.10 Å². The summed E-state index contributed by atoms with van der Waals surface area (Å²) < 4.78 is 1.52. The molecular formula is C12H21N5O. The molecule has 1 heterocycles. The summed E-state index contributed by atoms with van der Waals surface area (Å²) in [6.45, 7) is 3.53. The van der Waals surface area contributed by atoms with Gasteiger partial charge in [0.25, 0.3) is 0 Å². The Morgan fingerprint density at radius 1 is 1.61 bits per heavy atom. The fourth-order valence-electron chi connectivity index (χ4n) is 2.33. The molecule has 2 rings (SSSR count). The topological polar surface area (TPSA) is 85.8 Å². The quantitative estimate of drug-likeness (QED) is 0.768. The second kappa shape index (κ2) is 5.48. The van der Waals surface area contributed by atoms with Crippen LogP contribution in [-0.4, -0.2) is 27.4 Å². The van der Waals surface area contributed by atoms with E-state index in [4.69, 9.17) is 5.73 Å². The molecule has 1 amide bonds. The Morgan fingerprint density at radius 2 is 2.39 bits per heavy atom. The zero-order chi connectivity index (χ0) is 13.0. The molecule has 1 aliphatic carbocycles. The van der Waals surface area contributed by atoms with Gasteiger partial charge in [-0.25, -0.2) is 4.68 Å². The Bertz CT molecular complexity index is 405. The van der Waals surface area contributed by atoms with E-state index in [1.807, 2.05) is 0 Å². The van der Waals surface area contributed by atoms with Crippen LogP contribution in [-0.2, 0) is 17.9 Å². The molecule has 1 saturated carbocycles. The van der Waals surface area contributed by atoms with Crippen molar-refractivity contribution in [1.82, 2.24) is 20.3 Å². The molecule has 0 unspecified atom stereocenters. The highest BCUT2D eigenvalue weighted by Crippen LogP contribution is 2.42. The van der Waals surface area contributed by atoms with E-state index >= 15 is 0 Å². The van der Waals surface area contributed by atoms with Crippen molar-refractivity contribution in [2.45, 2.75) is 45.7 Å². The van der Waals surface area contributed by atoms with Crippen LogP contribution in [0.4, 0.5) is 0 Å². The predicted octanol–water partition coefficient (Wildman–Crippen LogP) is 0.433. The molecule has 0 spiro atoms. The molecule has 0 atom stereocenters. The van der Waals surface area contributed by atoms with Crippen LogP contribution in [0.1, 0.15) is 38.3 Å². The largest absolute Gasteiger partial charge is 0.354 e. The molecule has 0 saturated heterocycles. The number of carbonyl (C=O) groups excluding carboxylic acids is 1. The molecule has 0 radical (unpaired) electrons. The van der Waals surface area contributed by atoms with E-state index in [-0.39, 0.29) is 12.5 Å². The first-order valence-electron chi connectivity index (χ1n) is 6.53. The van der Waals surface area contributed by atoms with Gasteiger partial charge in [-0.3, -0.25) is 4.79 Å². The maximum atomic E-state index is 11.8. The van der Waals surface area contributed by atoms with Crippen LogP contribution in [0.3, 0.4) is 0 Å². The van der Waals surface area contributed by atoms with Crippen molar-refractivity contribution in [2.24, 2.45) is 11.1 Å². The van der Waals surface area contributed by atoms with E-state index < -0.39 is 0 Å². The van der Waals surface area contributed by atoms with Gasteiger partial charge in [-0.1, -0.05) is 18.6 Å². The van der Waals surface area contributed by atoms with Crippen molar-refractivity contribution in [1.29, 1.82) is 0 Å². The second-order valence-electron chi connectivity index (χ2n) is 5.10. The van der Waals surface area contributed by atoms with Crippen molar-refractivity contribution >= 4 is 5.91 Å². The molecule has 6 heteroatoms. The molecular weight excluding hydrogens is 230 g/mol. The zero-order valence-electron chi connectivity index (χ0n) is 10.9. The molecule has 1 aliphatic rings. The van der Waals surface area contributed by atoms with Gasteiger partial charge >= 0.3 is 0 Å². The lowest BCUT2D eigenvalue weighted by Gasteiger charge is -2.41. The number of aromatic nitrogens is 3. The molecule has 18 heavy (non-hydrogen) atoms. The number of nitrogens with zero attached hydrogens (tertiary/aromatic N) is 3. The van der Waals surface area contributed by atoms with Crippen LogP contribution < -0.4 is 11.1 Å². The Morgan fingerprint density at radius 3 is 2.89 bits per heavy atom. The third-order valence-electron chi connectivity index (χ3n) is 3.93. The first-order valence-corrected chi connectivity index (χ1v) is 6.53. The summed E-state index contributed by atoms with van der Waals surface area (Å²) in [6, 6.07) is 0. The van der Waals surface area contributed by atoms with E-state index in [0.29, 0.717) is 17.7 Å². The minimum Gasteiger partial charge on any atom is -0.354 e. The van der Waals surface area contributed by atoms with Crippen LogP contribution >= 0.6 is 0 Å². The smallest absolute Gasteiger partial charge is 0.241 e. The van der Waals surface area contributed by atoms with Crippen LogP contribution in [0, 0.1) is 5.41 Å². The zero-order valence-corrected chi connectivity index (χ0v) is 10.9. The first kappa shape index (κ1) is 13.0. The molecule has 3 N–H and O–H groups in total. The Hall–Kier alpha value is -1.43. The number of hydrogen-bond acceptors (Lipinski definition) is 4. The van der Waals surface area contributed by atoms with Gasteiger partial charge in [-0.2, -0.15) is 0 Å². The second-order valence-corrected chi connectivity index (χ2v) is 5.10. The Kier molecular flexibility index (Phi) is 3.96. The van der Waals surface area contributed by atoms with Gasteiger partial charge in [0.1, 0.15) is 6.54 Å². The molecule has 100 valence electrons. The minimum absolute atomic E-state index is 0.0109. The number of hydrogen-bond donors (Lipinski definition) is 2. The number of amides is 1. The third kappa shape index (κ3) is 2.87. The maximum absolute atomic E-state index is 11.8. The molecule has 1 fully saturated rings. The Labute approximate surface area is 107 Å². The number of nitrogens with two attached hydrogens (primary N) is 1. The van der Waals surface area contributed by atoms with Crippen molar-refractivity contribution in [3.05, 3.63) is 11.9 Å². The van der Waals surface area contributed by atoms with Gasteiger partial charge in [0.2, 0.25) is 5.91 Å². The average Bonchev–Trinajstić information content (AvgIpc) is 2.76. The van der Waals surface area contributed by atoms with Crippen LogP contribution in [0.5, 0.6) is 0 Å².